The first-order valence-electron chi connectivity index (χ1n) is 5.62. The van der Waals surface area contributed by atoms with Crippen LogP contribution in [0.2, 0.25) is 0 Å². The maximum absolute atomic E-state index is 12.0. The Kier molecular flexibility index (Phi) is 5.30. The fourth-order valence-electron chi connectivity index (χ4n) is 1.36. The van der Waals surface area contributed by atoms with E-state index in [1.807, 2.05) is 20.8 Å². The van der Waals surface area contributed by atoms with Gasteiger partial charge in [0.2, 0.25) is 10.0 Å². The molecule has 0 saturated heterocycles. The van der Waals surface area contributed by atoms with E-state index >= 15 is 0 Å². The number of sulfonamides is 1. The van der Waals surface area contributed by atoms with Crippen LogP contribution in [0.5, 0.6) is 0 Å². The van der Waals surface area contributed by atoms with Crippen molar-refractivity contribution in [2.24, 2.45) is 0 Å². The maximum atomic E-state index is 12.0. The molecule has 18 heavy (non-hydrogen) atoms. The summed E-state index contributed by atoms with van der Waals surface area (Å²) in [5.74, 6) is 0. The van der Waals surface area contributed by atoms with Gasteiger partial charge in [0.25, 0.3) is 0 Å². The number of hydrogen-bond acceptors (Lipinski definition) is 5. The molecule has 0 aliphatic rings. The predicted molar refractivity (Wildman–Crippen MR) is 71.1 cm³/mol. The Morgan fingerprint density at radius 2 is 2.17 bits per heavy atom. The first kappa shape index (κ1) is 15.6. The van der Waals surface area contributed by atoms with Gasteiger partial charge in [0.15, 0.2) is 0 Å². The van der Waals surface area contributed by atoms with Gasteiger partial charge in [-0.2, -0.15) is 0 Å². The summed E-state index contributed by atoms with van der Waals surface area (Å²) in [7, 11) is -3.52. The molecule has 0 spiro atoms. The Balaban J connectivity index is 2.71. The van der Waals surface area contributed by atoms with E-state index in [1.165, 1.54) is 6.07 Å². The van der Waals surface area contributed by atoms with Gasteiger partial charge in [-0.1, -0.05) is 0 Å². The number of aliphatic hydroxyl groups excluding tert-OH is 1. The Morgan fingerprint density at radius 1 is 1.50 bits per heavy atom. The molecule has 0 aliphatic heterocycles. The van der Waals surface area contributed by atoms with Crippen molar-refractivity contribution in [3.05, 3.63) is 17.0 Å². The summed E-state index contributed by atoms with van der Waals surface area (Å²) in [6.07, 6.45) is 0. The lowest BCUT2D eigenvalue weighted by Crippen LogP contribution is -2.40. The molecule has 0 bridgehead atoms. The van der Waals surface area contributed by atoms with E-state index in [1.54, 1.807) is 5.38 Å². The lowest BCUT2D eigenvalue weighted by molar-refractivity contribution is -0.00514. The van der Waals surface area contributed by atoms with Gasteiger partial charge in [-0.3, -0.25) is 0 Å². The molecule has 0 radical (unpaired) electrons. The molecule has 7 heteroatoms. The minimum Gasteiger partial charge on any atom is -0.392 e. The molecular formula is C11H19NO4S2. The lowest BCUT2D eigenvalue weighted by Gasteiger charge is -2.24. The van der Waals surface area contributed by atoms with Crippen LogP contribution in [0.3, 0.4) is 0 Å². The van der Waals surface area contributed by atoms with E-state index in [9.17, 15) is 8.42 Å². The SMILES string of the molecule is CCOC(C)(C)CNS(=O)(=O)c1cc(CO)cs1. The first-order chi connectivity index (χ1) is 8.30. The molecular weight excluding hydrogens is 274 g/mol. The highest BCUT2D eigenvalue weighted by Crippen LogP contribution is 2.20. The van der Waals surface area contributed by atoms with Crippen LogP contribution < -0.4 is 4.72 Å². The summed E-state index contributed by atoms with van der Waals surface area (Å²) in [6.45, 7) is 6.09. The second kappa shape index (κ2) is 6.12. The number of hydrogen-bond donors (Lipinski definition) is 2. The molecule has 1 rings (SSSR count). The van der Waals surface area contributed by atoms with Crippen LogP contribution in [-0.2, 0) is 21.4 Å². The minimum absolute atomic E-state index is 0.156. The van der Waals surface area contributed by atoms with Gasteiger partial charge in [-0.05, 0) is 37.8 Å². The Bertz CT molecular complexity index is 479. The van der Waals surface area contributed by atoms with Crippen molar-refractivity contribution in [3.8, 4) is 0 Å². The quantitative estimate of drug-likeness (QED) is 0.795. The van der Waals surface area contributed by atoms with E-state index in [0.717, 1.165) is 11.3 Å². The second-order valence-corrected chi connectivity index (χ2v) is 7.35. The summed E-state index contributed by atoms with van der Waals surface area (Å²) in [4.78, 5) is 0. The second-order valence-electron chi connectivity index (χ2n) is 4.45. The highest BCUT2D eigenvalue weighted by Gasteiger charge is 2.23. The maximum Gasteiger partial charge on any atom is 0.250 e. The van der Waals surface area contributed by atoms with Gasteiger partial charge in [0.05, 0.1) is 12.2 Å². The van der Waals surface area contributed by atoms with Crippen molar-refractivity contribution >= 4 is 21.4 Å². The zero-order chi connectivity index (χ0) is 13.8. The third-order valence-corrected chi connectivity index (χ3v) is 5.19. The summed E-state index contributed by atoms with van der Waals surface area (Å²) in [6, 6.07) is 1.47. The zero-order valence-corrected chi connectivity index (χ0v) is 12.4. The Labute approximate surface area is 112 Å². The third kappa shape index (κ3) is 4.33. The van der Waals surface area contributed by atoms with Crippen molar-refractivity contribution in [1.82, 2.24) is 4.72 Å². The van der Waals surface area contributed by atoms with Crippen molar-refractivity contribution in [1.29, 1.82) is 0 Å². The minimum atomic E-state index is -3.52. The largest absolute Gasteiger partial charge is 0.392 e. The summed E-state index contributed by atoms with van der Waals surface area (Å²) in [5.41, 5.74) is 0.0586. The van der Waals surface area contributed by atoms with Gasteiger partial charge in [0.1, 0.15) is 4.21 Å². The molecule has 0 aromatic carbocycles. The standard InChI is InChI=1S/C11H19NO4S2/c1-4-16-11(2,3)8-12-18(14,15)10-5-9(6-13)7-17-10/h5,7,12-13H,4,6,8H2,1-3H3. The van der Waals surface area contributed by atoms with Crippen molar-refractivity contribution < 1.29 is 18.3 Å². The average Bonchev–Trinajstić information content (AvgIpc) is 2.76. The fraction of sp³-hybridized carbons (Fsp3) is 0.636. The normalized spacial score (nSPS) is 12.9. The number of ether oxygens (including phenoxy) is 1. The van der Waals surface area contributed by atoms with E-state index in [-0.39, 0.29) is 17.4 Å². The van der Waals surface area contributed by atoms with Gasteiger partial charge in [0, 0.05) is 13.2 Å². The summed E-state index contributed by atoms with van der Waals surface area (Å²) in [5, 5.41) is 10.5. The first-order valence-corrected chi connectivity index (χ1v) is 7.99. The molecule has 0 fully saturated rings. The molecule has 0 unspecified atom stereocenters. The smallest absolute Gasteiger partial charge is 0.250 e. The molecule has 0 atom stereocenters. The Morgan fingerprint density at radius 3 is 2.67 bits per heavy atom. The van der Waals surface area contributed by atoms with E-state index in [0.29, 0.717) is 12.2 Å². The van der Waals surface area contributed by atoms with Gasteiger partial charge in [-0.15, -0.1) is 11.3 Å². The highest BCUT2D eigenvalue weighted by atomic mass is 32.2. The zero-order valence-electron chi connectivity index (χ0n) is 10.8. The number of aliphatic hydroxyl groups is 1. The molecule has 104 valence electrons. The van der Waals surface area contributed by atoms with Crippen LogP contribution in [-0.4, -0.2) is 32.3 Å². The van der Waals surface area contributed by atoms with Gasteiger partial charge in [-0.25, -0.2) is 13.1 Å². The molecule has 1 heterocycles. The summed E-state index contributed by atoms with van der Waals surface area (Å²) < 4.78 is 32.1. The molecule has 1 aromatic heterocycles. The third-order valence-electron chi connectivity index (χ3n) is 2.30. The number of rotatable bonds is 7. The molecule has 1 aromatic rings. The van der Waals surface area contributed by atoms with Crippen molar-refractivity contribution in [2.75, 3.05) is 13.2 Å². The highest BCUT2D eigenvalue weighted by molar-refractivity contribution is 7.91. The van der Waals surface area contributed by atoms with Crippen LogP contribution >= 0.6 is 11.3 Å². The van der Waals surface area contributed by atoms with Crippen molar-refractivity contribution in [3.63, 3.8) is 0 Å². The molecule has 5 nitrogen and oxygen atoms in total. The van der Waals surface area contributed by atoms with Crippen molar-refractivity contribution in [2.45, 2.75) is 37.2 Å². The van der Waals surface area contributed by atoms with Crippen LogP contribution in [0.1, 0.15) is 26.3 Å². The lowest BCUT2D eigenvalue weighted by atomic mass is 10.1. The van der Waals surface area contributed by atoms with Crippen LogP contribution in [0, 0.1) is 0 Å². The molecule has 0 amide bonds. The average molecular weight is 293 g/mol. The van der Waals surface area contributed by atoms with Crippen LogP contribution in [0.25, 0.3) is 0 Å². The molecule has 0 saturated carbocycles. The summed E-state index contributed by atoms with van der Waals surface area (Å²) >= 11 is 1.09. The van der Waals surface area contributed by atoms with E-state index in [4.69, 9.17) is 9.84 Å². The van der Waals surface area contributed by atoms with E-state index < -0.39 is 15.6 Å². The molecule has 0 aliphatic carbocycles. The number of nitrogens with one attached hydrogen (secondary N) is 1. The van der Waals surface area contributed by atoms with E-state index in [2.05, 4.69) is 4.72 Å². The predicted octanol–water partition coefficient (Wildman–Crippen LogP) is 1.33. The monoisotopic (exact) mass is 293 g/mol. The number of thiophene rings is 1. The van der Waals surface area contributed by atoms with Crippen LogP contribution in [0.4, 0.5) is 0 Å². The topological polar surface area (TPSA) is 75.6 Å². The molecule has 2 N–H and O–H groups in total. The van der Waals surface area contributed by atoms with Crippen LogP contribution in [0.15, 0.2) is 15.7 Å². The fourth-order valence-corrected chi connectivity index (χ4v) is 3.80. The Hall–Kier alpha value is -0.470. The van der Waals surface area contributed by atoms with Gasteiger partial charge < -0.3 is 9.84 Å². The van der Waals surface area contributed by atoms with Gasteiger partial charge >= 0.3 is 0 Å².